The molecule has 2 aliphatic rings. The molecule has 0 spiro atoms. The molecule has 3 nitrogen and oxygen atoms in total. The molecular weight excluding hydrogens is 396 g/mol. The van der Waals surface area contributed by atoms with Crippen molar-refractivity contribution in [2.75, 3.05) is 6.61 Å². The van der Waals surface area contributed by atoms with Gasteiger partial charge in [0.15, 0.2) is 0 Å². The highest BCUT2D eigenvalue weighted by atomic mass is 16.5. The summed E-state index contributed by atoms with van der Waals surface area (Å²) in [7, 11) is 0. The van der Waals surface area contributed by atoms with Crippen LogP contribution < -0.4 is 4.74 Å². The van der Waals surface area contributed by atoms with Crippen LogP contribution in [0.25, 0.3) is 10.8 Å². The topological polar surface area (TPSA) is 35.5 Å². The summed E-state index contributed by atoms with van der Waals surface area (Å²) in [6.45, 7) is 9.46. The van der Waals surface area contributed by atoms with Crippen molar-refractivity contribution in [1.82, 2.24) is 0 Å². The van der Waals surface area contributed by atoms with E-state index in [0.717, 1.165) is 50.2 Å². The lowest BCUT2D eigenvalue weighted by molar-refractivity contribution is -0.152. The maximum atomic E-state index is 11.8. The number of hydrogen-bond acceptors (Lipinski definition) is 3. The lowest BCUT2D eigenvalue weighted by atomic mass is 9.72. The molecule has 0 aromatic heterocycles. The van der Waals surface area contributed by atoms with Crippen LogP contribution in [0.4, 0.5) is 0 Å². The van der Waals surface area contributed by atoms with Crippen molar-refractivity contribution in [1.29, 1.82) is 0 Å². The van der Waals surface area contributed by atoms with E-state index in [9.17, 15) is 4.79 Å². The molecule has 2 saturated carbocycles. The molecule has 0 heterocycles. The minimum Gasteiger partial charge on any atom is -0.490 e. The lowest BCUT2D eigenvalue weighted by Crippen LogP contribution is -2.32. The number of ether oxygens (including phenoxy) is 2. The highest BCUT2D eigenvalue weighted by molar-refractivity contribution is 5.88. The molecule has 0 radical (unpaired) electrons. The molecule has 0 amide bonds. The average molecular weight is 437 g/mol. The van der Waals surface area contributed by atoms with E-state index in [1.807, 2.05) is 6.92 Å². The predicted octanol–water partition coefficient (Wildman–Crippen LogP) is 7.35. The molecule has 0 bridgehead atoms. The Hall–Kier alpha value is -2.03. The number of hydrogen-bond donors (Lipinski definition) is 0. The molecule has 2 aromatic rings. The van der Waals surface area contributed by atoms with Gasteiger partial charge in [-0.3, -0.25) is 4.79 Å². The van der Waals surface area contributed by atoms with Crippen LogP contribution in [-0.2, 0) is 16.0 Å². The predicted molar refractivity (Wildman–Crippen MR) is 131 cm³/mol. The summed E-state index contributed by atoms with van der Waals surface area (Å²) in [4.78, 5) is 11.8. The van der Waals surface area contributed by atoms with E-state index in [-0.39, 0.29) is 11.9 Å². The summed E-state index contributed by atoms with van der Waals surface area (Å²) in [6, 6.07) is 13.3. The van der Waals surface area contributed by atoms with E-state index in [1.54, 1.807) is 0 Å². The standard InChI is InChI=1S/C29H40O3/c1-5-31-28(30)23-18-21(19-23)10-9-20-11-16-26-22(17-20)7-6-8-27(26)32-25-14-12-24(13-15-25)29(2,3)4/h6-8,11,16-17,21,23-25H,5,9-10,12-15,18-19H2,1-4H3. The van der Waals surface area contributed by atoms with Crippen LogP contribution in [0.3, 0.4) is 0 Å². The fourth-order valence-electron chi connectivity index (χ4n) is 5.58. The number of fused-ring (bicyclic) bond motifs is 1. The summed E-state index contributed by atoms with van der Waals surface area (Å²) in [5.74, 6) is 2.62. The van der Waals surface area contributed by atoms with E-state index < -0.39 is 0 Å². The summed E-state index contributed by atoms with van der Waals surface area (Å²) in [5.41, 5.74) is 1.78. The van der Waals surface area contributed by atoms with Gasteiger partial charge in [-0.15, -0.1) is 0 Å². The number of esters is 1. The molecule has 4 rings (SSSR count). The molecule has 2 aliphatic carbocycles. The van der Waals surface area contributed by atoms with Gasteiger partial charge in [-0.05, 0) is 92.6 Å². The van der Waals surface area contributed by atoms with Gasteiger partial charge in [0.2, 0.25) is 0 Å². The van der Waals surface area contributed by atoms with Crippen molar-refractivity contribution in [3.8, 4) is 5.75 Å². The molecule has 3 heteroatoms. The van der Waals surface area contributed by atoms with E-state index in [0.29, 0.717) is 24.0 Å². The largest absolute Gasteiger partial charge is 0.490 e. The molecular formula is C29H40O3. The van der Waals surface area contributed by atoms with Gasteiger partial charge in [0.1, 0.15) is 5.75 Å². The first-order chi connectivity index (χ1) is 15.3. The third-order valence-electron chi connectivity index (χ3n) is 7.79. The number of benzene rings is 2. The zero-order chi connectivity index (χ0) is 22.7. The fourth-order valence-corrected chi connectivity index (χ4v) is 5.58. The summed E-state index contributed by atoms with van der Waals surface area (Å²) in [6.07, 6.45) is 9.37. The van der Waals surface area contributed by atoms with Crippen molar-refractivity contribution in [2.45, 2.75) is 85.2 Å². The second-order valence-corrected chi connectivity index (χ2v) is 11.1. The summed E-state index contributed by atoms with van der Waals surface area (Å²) >= 11 is 0. The van der Waals surface area contributed by atoms with Gasteiger partial charge in [-0.2, -0.15) is 0 Å². The molecule has 0 unspecified atom stereocenters. The van der Waals surface area contributed by atoms with Crippen LogP contribution in [-0.4, -0.2) is 18.7 Å². The Bertz CT molecular complexity index is 912. The van der Waals surface area contributed by atoms with Gasteiger partial charge >= 0.3 is 5.97 Å². The normalized spacial score (nSPS) is 25.9. The SMILES string of the molecule is CCOC(=O)C1CC(CCc2ccc3c(OC4CCC(C(C)(C)C)CC4)cccc3c2)C1. The quantitative estimate of drug-likeness (QED) is 0.426. The fraction of sp³-hybridized carbons (Fsp3) is 0.621. The van der Waals surface area contributed by atoms with Gasteiger partial charge in [0, 0.05) is 5.39 Å². The van der Waals surface area contributed by atoms with E-state index in [2.05, 4.69) is 57.2 Å². The minimum absolute atomic E-state index is 0.00567. The first-order valence-corrected chi connectivity index (χ1v) is 12.7. The zero-order valence-electron chi connectivity index (χ0n) is 20.4. The van der Waals surface area contributed by atoms with Gasteiger partial charge in [0.25, 0.3) is 0 Å². The van der Waals surface area contributed by atoms with Crippen LogP contribution in [0.1, 0.15) is 78.2 Å². The molecule has 32 heavy (non-hydrogen) atoms. The molecule has 0 saturated heterocycles. The summed E-state index contributed by atoms with van der Waals surface area (Å²) in [5, 5.41) is 2.49. The Morgan fingerprint density at radius 2 is 1.78 bits per heavy atom. The van der Waals surface area contributed by atoms with Gasteiger partial charge in [-0.1, -0.05) is 51.1 Å². The molecule has 2 aromatic carbocycles. The third-order valence-corrected chi connectivity index (χ3v) is 7.79. The summed E-state index contributed by atoms with van der Waals surface area (Å²) < 4.78 is 11.6. The van der Waals surface area contributed by atoms with Crippen LogP contribution in [0.2, 0.25) is 0 Å². The number of aryl methyl sites for hydroxylation is 1. The van der Waals surface area contributed by atoms with Gasteiger partial charge in [-0.25, -0.2) is 0 Å². The van der Waals surface area contributed by atoms with Crippen LogP contribution in [0.15, 0.2) is 36.4 Å². The Labute approximate surface area is 193 Å². The molecule has 174 valence electrons. The maximum absolute atomic E-state index is 11.8. The third kappa shape index (κ3) is 5.47. The van der Waals surface area contributed by atoms with Crippen molar-refractivity contribution < 1.29 is 14.3 Å². The second kappa shape index (κ2) is 9.85. The minimum atomic E-state index is -0.00567. The Kier molecular flexibility index (Phi) is 7.12. The van der Waals surface area contributed by atoms with Crippen molar-refractivity contribution >= 4 is 16.7 Å². The lowest BCUT2D eigenvalue weighted by Gasteiger charge is -2.37. The van der Waals surface area contributed by atoms with Crippen LogP contribution in [0, 0.1) is 23.2 Å². The number of carbonyl (C=O) groups excluding carboxylic acids is 1. The zero-order valence-corrected chi connectivity index (χ0v) is 20.4. The van der Waals surface area contributed by atoms with E-state index in [1.165, 1.54) is 29.2 Å². The number of rotatable bonds is 7. The highest BCUT2D eigenvalue weighted by Crippen LogP contribution is 2.40. The molecule has 0 aliphatic heterocycles. The molecule has 2 fully saturated rings. The van der Waals surface area contributed by atoms with Crippen molar-refractivity contribution in [2.24, 2.45) is 23.2 Å². The Morgan fingerprint density at radius 3 is 2.47 bits per heavy atom. The van der Waals surface area contributed by atoms with E-state index in [4.69, 9.17) is 9.47 Å². The smallest absolute Gasteiger partial charge is 0.308 e. The molecule has 0 N–H and O–H groups in total. The average Bonchev–Trinajstić information content (AvgIpc) is 2.72. The van der Waals surface area contributed by atoms with Crippen LogP contribution in [0.5, 0.6) is 5.75 Å². The second-order valence-electron chi connectivity index (χ2n) is 11.1. The van der Waals surface area contributed by atoms with E-state index >= 15 is 0 Å². The Morgan fingerprint density at radius 1 is 1.03 bits per heavy atom. The Balaban J connectivity index is 1.32. The van der Waals surface area contributed by atoms with Crippen molar-refractivity contribution in [3.05, 3.63) is 42.0 Å². The van der Waals surface area contributed by atoms with Crippen LogP contribution >= 0.6 is 0 Å². The van der Waals surface area contributed by atoms with Gasteiger partial charge in [0.05, 0.1) is 18.6 Å². The first-order valence-electron chi connectivity index (χ1n) is 12.7. The molecule has 0 atom stereocenters. The maximum Gasteiger partial charge on any atom is 0.308 e. The van der Waals surface area contributed by atoms with Crippen molar-refractivity contribution in [3.63, 3.8) is 0 Å². The van der Waals surface area contributed by atoms with Gasteiger partial charge < -0.3 is 9.47 Å². The monoisotopic (exact) mass is 436 g/mol. The first kappa shape index (κ1) is 23.1. The number of carbonyl (C=O) groups is 1. The highest BCUT2D eigenvalue weighted by Gasteiger charge is 2.35.